The van der Waals surface area contributed by atoms with Crippen molar-refractivity contribution in [3.63, 3.8) is 0 Å². The van der Waals surface area contributed by atoms with Gasteiger partial charge in [0.2, 0.25) is 0 Å². The van der Waals surface area contributed by atoms with Crippen molar-refractivity contribution in [3.8, 4) is 11.1 Å². The summed E-state index contributed by atoms with van der Waals surface area (Å²) in [7, 11) is 0. The van der Waals surface area contributed by atoms with Gasteiger partial charge in [0.1, 0.15) is 0 Å². The summed E-state index contributed by atoms with van der Waals surface area (Å²) >= 11 is 0. The van der Waals surface area contributed by atoms with Crippen LogP contribution in [0.3, 0.4) is 0 Å². The summed E-state index contributed by atoms with van der Waals surface area (Å²) in [6.45, 7) is 5.98. The molecule has 2 nitrogen and oxygen atoms in total. The largest absolute Gasteiger partial charge is 0.261 e. The van der Waals surface area contributed by atoms with Crippen LogP contribution in [0, 0.1) is 0 Å². The number of hydrogen-bond acceptors (Lipinski definition) is 2. The molecule has 0 fully saturated rings. The van der Waals surface area contributed by atoms with E-state index in [1.165, 1.54) is 5.56 Å². The summed E-state index contributed by atoms with van der Waals surface area (Å²) < 4.78 is 0. The van der Waals surface area contributed by atoms with E-state index in [0.29, 0.717) is 0 Å². The van der Waals surface area contributed by atoms with Crippen molar-refractivity contribution >= 4 is 28.9 Å². The number of pyridine rings is 1. The van der Waals surface area contributed by atoms with Gasteiger partial charge in [0.05, 0.1) is 11.2 Å². The van der Waals surface area contributed by atoms with E-state index in [9.17, 15) is 0 Å². The molecule has 0 saturated carbocycles. The van der Waals surface area contributed by atoms with Gasteiger partial charge in [-0.05, 0) is 47.9 Å². The molecular weight excluding hydrogens is 268 g/mol. The van der Waals surface area contributed by atoms with Gasteiger partial charge in [0.15, 0.2) is 0 Å². The van der Waals surface area contributed by atoms with Crippen LogP contribution in [0.1, 0.15) is 18.9 Å². The Morgan fingerprint density at radius 3 is 2.73 bits per heavy atom. The maximum Gasteiger partial charge on any atom is 0.0702 e. The Hall–Kier alpha value is -2.74. The number of aliphatic imine (C=N–C) groups is 1. The Labute approximate surface area is 130 Å². The lowest BCUT2D eigenvalue weighted by molar-refractivity contribution is 1.31. The van der Waals surface area contributed by atoms with Crippen LogP contribution in [0.25, 0.3) is 28.1 Å². The van der Waals surface area contributed by atoms with Crippen LogP contribution in [0.2, 0.25) is 0 Å². The van der Waals surface area contributed by atoms with Crippen LogP contribution < -0.4 is 0 Å². The van der Waals surface area contributed by atoms with Gasteiger partial charge in [-0.2, -0.15) is 0 Å². The molecule has 0 atom stereocenters. The fourth-order valence-corrected chi connectivity index (χ4v) is 2.46. The first-order chi connectivity index (χ1) is 10.8. The molecule has 3 rings (SSSR count). The van der Waals surface area contributed by atoms with Gasteiger partial charge in [0.25, 0.3) is 0 Å². The molecule has 0 amide bonds. The predicted octanol–water partition coefficient (Wildman–Crippen LogP) is 5.66. The average molecular weight is 286 g/mol. The summed E-state index contributed by atoms with van der Waals surface area (Å²) in [5.74, 6) is 0. The van der Waals surface area contributed by atoms with Crippen molar-refractivity contribution in [1.82, 2.24) is 4.98 Å². The SMILES string of the molecule is C=Cc1cc(-c2ccc3ncccc3c2)ccc1N=CCC. The second-order valence-electron chi connectivity index (χ2n) is 5.11. The van der Waals surface area contributed by atoms with Crippen LogP contribution in [0.5, 0.6) is 0 Å². The number of benzene rings is 2. The minimum Gasteiger partial charge on any atom is -0.261 e. The van der Waals surface area contributed by atoms with Crippen molar-refractivity contribution < 1.29 is 0 Å². The van der Waals surface area contributed by atoms with E-state index in [0.717, 1.165) is 34.1 Å². The second-order valence-corrected chi connectivity index (χ2v) is 5.11. The molecule has 0 aliphatic carbocycles. The van der Waals surface area contributed by atoms with E-state index in [2.05, 4.69) is 59.9 Å². The summed E-state index contributed by atoms with van der Waals surface area (Å²) in [5.41, 5.74) is 5.36. The number of nitrogens with zero attached hydrogens (tertiary/aromatic N) is 2. The minimum atomic E-state index is 0.927. The molecule has 0 radical (unpaired) electrons. The van der Waals surface area contributed by atoms with Gasteiger partial charge >= 0.3 is 0 Å². The molecule has 2 heteroatoms. The predicted molar refractivity (Wildman–Crippen MR) is 95.7 cm³/mol. The molecule has 0 bridgehead atoms. The van der Waals surface area contributed by atoms with Crippen LogP contribution in [0.4, 0.5) is 5.69 Å². The first-order valence-electron chi connectivity index (χ1n) is 7.46. The molecular formula is C20H18N2. The molecule has 3 aromatic rings. The minimum absolute atomic E-state index is 0.927. The molecule has 0 N–H and O–H groups in total. The van der Waals surface area contributed by atoms with Crippen molar-refractivity contribution in [3.05, 3.63) is 66.9 Å². The third-order valence-electron chi connectivity index (χ3n) is 3.60. The first-order valence-corrected chi connectivity index (χ1v) is 7.46. The Kier molecular flexibility index (Phi) is 4.10. The zero-order valence-corrected chi connectivity index (χ0v) is 12.7. The standard InChI is InChI=1S/C20H18N2/c1-3-11-21-19-9-7-16(13-15(19)4-2)17-8-10-20-18(14-17)6-5-12-22-20/h4-14H,2-3H2,1H3. The molecule has 22 heavy (non-hydrogen) atoms. The fraction of sp³-hybridized carbons (Fsp3) is 0.100. The van der Waals surface area contributed by atoms with Crippen molar-refractivity contribution in [2.45, 2.75) is 13.3 Å². The molecule has 0 aliphatic rings. The molecule has 108 valence electrons. The summed E-state index contributed by atoms with van der Waals surface area (Å²) in [6.07, 6.45) is 6.52. The van der Waals surface area contributed by atoms with Gasteiger partial charge in [-0.3, -0.25) is 9.98 Å². The van der Waals surface area contributed by atoms with Gasteiger partial charge in [-0.15, -0.1) is 0 Å². The van der Waals surface area contributed by atoms with Crippen molar-refractivity contribution in [1.29, 1.82) is 0 Å². The highest BCUT2D eigenvalue weighted by Crippen LogP contribution is 2.29. The number of hydrogen-bond donors (Lipinski definition) is 0. The fourth-order valence-electron chi connectivity index (χ4n) is 2.46. The molecule has 0 aliphatic heterocycles. The first kappa shape index (κ1) is 14.2. The highest BCUT2D eigenvalue weighted by Gasteiger charge is 2.04. The topological polar surface area (TPSA) is 25.2 Å². The molecule has 0 spiro atoms. The van der Waals surface area contributed by atoms with Crippen LogP contribution in [-0.4, -0.2) is 11.2 Å². The van der Waals surface area contributed by atoms with E-state index >= 15 is 0 Å². The van der Waals surface area contributed by atoms with E-state index in [1.807, 2.05) is 30.6 Å². The highest BCUT2D eigenvalue weighted by molar-refractivity contribution is 5.85. The van der Waals surface area contributed by atoms with Gasteiger partial charge < -0.3 is 0 Å². The quantitative estimate of drug-likeness (QED) is 0.568. The highest BCUT2D eigenvalue weighted by atomic mass is 14.7. The third kappa shape index (κ3) is 2.82. The second kappa shape index (κ2) is 6.35. The normalized spacial score (nSPS) is 11.1. The van der Waals surface area contributed by atoms with Gasteiger partial charge in [0, 0.05) is 23.4 Å². The smallest absolute Gasteiger partial charge is 0.0702 e. The lowest BCUT2D eigenvalue weighted by Gasteiger charge is -2.07. The van der Waals surface area contributed by atoms with E-state index in [4.69, 9.17) is 0 Å². The van der Waals surface area contributed by atoms with Crippen LogP contribution in [0.15, 0.2) is 66.3 Å². The number of aromatic nitrogens is 1. The molecule has 2 aromatic carbocycles. The van der Waals surface area contributed by atoms with Crippen molar-refractivity contribution in [2.24, 2.45) is 4.99 Å². The summed E-state index contributed by atoms with van der Waals surface area (Å²) in [6, 6.07) is 16.7. The third-order valence-corrected chi connectivity index (χ3v) is 3.60. The Bertz CT molecular complexity index is 847. The van der Waals surface area contributed by atoms with Crippen LogP contribution in [-0.2, 0) is 0 Å². The molecule has 0 unspecified atom stereocenters. The Morgan fingerprint density at radius 2 is 1.91 bits per heavy atom. The van der Waals surface area contributed by atoms with Gasteiger partial charge in [-0.25, -0.2) is 0 Å². The number of rotatable bonds is 4. The Balaban J connectivity index is 2.06. The zero-order chi connectivity index (χ0) is 15.4. The van der Waals surface area contributed by atoms with Gasteiger partial charge in [-0.1, -0.05) is 37.8 Å². The molecule has 1 aromatic heterocycles. The molecule has 0 saturated heterocycles. The van der Waals surface area contributed by atoms with E-state index < -0.39 is 0 Å². The lowest BCUT2D eigenvalue weighted by Crippen LogP contribution is -1.83. The summed E-state index contributed by atoms with van der Waals surface area (Å²) in [5, 5.41) is 1.15. The lowest BCUT2D eigenvalue weighted by atomic mass is 10.00. The maximum absolute atomic E-state index is 4.47. The number of fused-ring (bicyclic) bond motifs is 1. The molecule has 1 heterocycles. The maximum atomic E-state index is 4.47. The van der Waals surface area contributed by atoms with E-state index in [-0.39, 0.29) is 0 Å². The Morgan fingerprint density at radius 1 is 1.09 bits per heavy atom. The average Bonchev–Trinajstić information content (AvgIpc) is 2.59. The monoisotopic (exact) mass is 286 g/mol. The summed E-state index contributed by atoms with van der Waals surface area (Å²) in [4.78, 5) is 8.84. The van der Waals surface area contributed by atoms with Crippen LogP contribution >= 0.6 is 0 Å². The van der Waals surface area contributed by atoms with Crippen molar-refractivity contribution in [2.75, 3.05) is 0 Å². The zero-order valence-electron chi connectivity index (χ0n) is 12.7. The van der Waals surface area contributed by atoms with E-state index in [1.54, 1.807) is 0 Å².